The first-order valence-electron chi connectivity index (χ1n) is 6.57. The molecule has 104 valence electrons. The highest BCUT2D eigenvalue weighted by Gasteiger charge is 2.21. The SMILES string of the molecule is CC(Oc1cc(N)cc(Br)c1)C(=O)NC1CCCC1. The minimum absolute atomic E-state index is 0.0644. The molecule has 0 bridgehead atoms. The van der Waals surface area contributed by atoms with Crippen LogP contribution in [0.15, 0.2) is 22.7 Å². The molecule has 2 rings (SSSR count). The third-order valence-corrected chi connectivity index (χ3v) is 3.74. The normalized spacial score (nSPS) is 17.2. The Kier molecular flexibility index (Phi) is 4.69. The molecule has 1 unspecified atom stereocenters. The summed E-state index contributed by atoms with van der Waals surface area (Å²) >= 11 is 3.35. The van der Waals surface area contributed by atoms with Gasteiger partial charge in [-0.15, -0.1) is 0 Å². The minimum atomic E-state index is -0.519. The molecular formula is C14H19BrN2O2. The smallest absolute Gasteiger partial charge is 0.260 e. The van der Waals surface area contributed by atoms with E-state index in [1.54, 1.807) is 25.1 Å². The van der Waals surface area contributed by atoms with Crippen LogP contribution in [-0.4, -0.2) is 18.1 Å². The fraction of sp³-hybridized carbons (Fsp3) is 0.500. The van der Waals surface area contributed by atoms with Crippen molar-refractivity contribution < 1.29 is 9.53 Å². The molecule has 1 aliphatic rings. The molecule has 19 heavy (non-hydrogen) atoms. The van der Waals surface area contributed by atoms with Crippen LogP contribution < -0.4 is 15.8 Å². The van der Waals surface area contributed by atoms with E-state index < -0.39 is 6.10 Å². The highest BCUT2D eigenvalue weighted by atomic mass is 79.9. The van der Waals surface area contributed by atoms with Crippen molar-refractivity contribution in [2.45, 2.75) is 44.8 Å². The fourth-order valence-corrected chi connectivity index (χ4v) is 2.79. The Bertz CT molecular complexity index is 439. The number of nitrogens with one attached hydrogen (secondary N) is 1. The molecule has 1 fully saturated rings. The van der Waals surface area contributed by atoms with Crippen LogP contribution in [0.2, 0.25) is 0 Å². The lowest BCUT2D eigenvalue weighted by atomic mass is 10.2. The highest BCUT2D eigenvalue weighted by molar-refractivity contribution is 9.10. The fourth-order valence-electron chi connectivity index (χ4n) is 2.30. The first kappa shape index (κ1) is 14.2. The van der Waals surface area contributed by atoms with Gasteiger partial charge in [-0.05, 0) is 31.9 Å². The average Bonchev–Trinajstić information content (AvgIpc) is 2.80. The number of ether oxygens (including phenoxy) is 1. The first-order chi connectivity index (χ1) is 9.04. The zero-order chi connectivity index (χ0) is 13.8. The van der Waals surface area contributed by atoms with Crippen LogP contribution >= 0.6 is 15.9 Å². The summed E-state index contributed by atoms with van der Waals surface area (Å²) in [6.07, 6.45) is 4.02. The molecule has 0 radical (unpaired) electrons. The van der Waals surface area contributed by atoms with Gasteiger partial charge in [-0.3, -0.25) is 4.79 Å². The summed E-state index contributed by atoms with van der Waals surface area (Å²) in [6, 6.07) is 5.61. The standard InChI is InChI=1S/C14H19BrN2O2/c1-9(14(18)17-12-4-2-3-5-12)19-13-7-10(15)6-11(16)8-13/h6-9,12H,2-5,16H2,1H3,(H,17,18). The summed E-state index contributed by atoms with van der Waals surface area (Å²) in [5.74, 6) is 0.534. The lowest BCUT2D eigenvalue weighted by molar-refractivity contribution is -0.127. The molecule has 1 amide bonds. The summed E-state index contributed by atoms with van der Waals surface area (Å²) in [6.45, 7) is 1.75. The topological polar surface area (TPSA) is 64.3 Å². The number of hydrogen-bond donors (Lipinski definition) is 2. The minimum Gasteiger partial charge on any atom is -0.481 e. The number of carbonyl (C=O) groups is 1. The molecule has 1 saturated carbocycles. The Morgan fingerprint density at radius 3 is 2.74 bits per heavy atom. The Hall–Kier alpha value is -1.23. The number of anilines is 1. The molecule has 0 saturated heterocycles. The van der Waals surface area contributed by atoms with Gasteiger partial charge in [-0.25, -0.2) is 0 Å². The molecular weight excluding hydrogens is 308 g/mol. The predicted molar refractivity (Wildman–Crippen MR) is 79.0 cm³/mol. The van der Waals surface area contributed by atoms with E-state index in [2.05, 4.69) is 21.2 Å². The van der Waals surface area contributed by atoms with Gasteiger partial charge in [0.25, 0.3) is 5.91 Å². The van der Waals surface area contributed by atoms with Crippen molar-refractivity contribution in [3.63, 3.8) is 0 Å². The molecule has 1 aliphatic carbocycles. The average molecular weight is 327 g/mol. The van der Waals surface area contributed by atoms with Crippen LogP contribution in [-0.2, 0) is 4.79 Å². The maximum Gasteiger partial charge on any atom is 0.260 e. The predicted octanol–water partition coefficient (Wildman–Crippen LogP) is 2.86. The van der Waals surface area contributed by atoms with Crippen LogP contribution in [0.1, 0.15) is 32.6 Å². The molecule has 0 aliphatic heterocycles. The molecule has 5 heteroatoms. The molecule has 1 atom stereocenters. The van der Waals surface area contributed by atoms with Gasteiger partial charge in [0.2, 0.25) is 0 Å². The van der Waals surface area contributed by atoms with Crippen LogP contribution in [0.3, 0.4) is 0 Å². The van der Waals surface area contributed by atoms with Gasteiger partial charge in [0.1, 0.15) is 5.75 Å². The number of halogens is 1. The van der Waals surface area contributed by atoms with Crippen LogP contribution in [0.25, 0.3) is 0 Å². The monoisotopic (exact) mass is 326 g/mol. The lowest BCUT2D eigenvalue weighted by Crippen LogP contribution is -2.41. The lowest BCUT2D eigenvalue weighted by Gasteiger charge is -2.18. The molecule has 0 heterocycles. The number of hydrogen-bond acceptors (Lipinski definition) is 3. The van der Waals surface area contributed by atoms with Crippen molar-refractivity contribution in [2.75, 3.05) is 5.73 Å². The highest BCUT2D eigenvalue weighted by Crippen LogP contribution is 2.24. The van der Waals surface area contributed by atoms with E-state index in [4.69, 9.17) is 10.5 Å². The largest absolute Gasteiger partial charge is 0.481 e. The Labute approximate surface area is 121 Å². The van der Waals surface area contributed by atoms with Gasteiger partial charge in [0.15, 0.2) is 6.10 Å². The quantitative estimate of drug-likeness (QED) is 0.836. The Morgan fingerprint density at radius 1 is 1.42 bits per heavy atom. The van der Waals surface area contributed by atoms with Crippen LogP contribution in [0.4, 0.5) is 5.69 Å². The number of benzene rings is 1. The maximum atomic E-state index is 12.0. The number of nitrogen functional groups attached to an aromatic ring is 1. The first-order valence-corrected chi connectivity index (χ1v) is 7.37. The summed E-state index contributed by atoms with van der Waals surface area (Å²) in [4.78, 5) is 12.0. The van der Waals surface area contributed by atoms with Gasteiger partial charge in [-0.2, -0.15) is 0 Å². The number of nitrogens with two attached hydrogens (primary N) is 1. The second kappa shape index (κ2) is 6.28. The third-order valence-electron chi connectivity index (χ3n) is 3.28. The van der Waals surface area contributed by atoms with Crippen molar-refractivity contribution in [2.24, 2.45) is 0 Å². The van der Waals surface area contributed by atoms with Gasteiger partial charge >= 0.3 is 0 Å². The Morgan fingerprint density at radius 2 is 2.11 bits per heavy atom. The van der Waals surface area contributed by atoms with Crippen molar-refractivity contribution in [3.05, 3.63) is 22.7 Å². The van der Waals surface area contributed by atoms with Gasteiger partial charge < -0.3 is 15.8 Å². The van der Waals surface area contributed by atoms with Gasteiger partial charge in [-0.1, -0.05) is 28.8 Å². The van der Waals surface area contributed by atoms with Crippen LogP contribution in [0, 0.1) is 0 Å². The van der Waals surface area contributed by atoms with E-state index in [1.807, 2.05) is 0 Å². The number of rotatable bonds is 4. The van der Waals surface area contributed by atoms with E-state index in [-0.39, 0.29) is 5.91 Å². The second-order valence-corrected chi connectivity index (χ2v) is 5.89. The van der Waals surface area contributed by atoms with Crippen LogP contribution in [0.5, 0.6) is 5.75 Å². The molecule has 3 N–H and O–H groups in total. The number of carbonyl (C=O) groups excluding carboxylic acids is 1. The van der Waals surface area contributed by atoms with Crippen molar-refractivity contribution >= 4 is 27.5 Å². The van der Waals surface area contributed by atoms with E-state index >= 15 is 0 Å². The van der Waals surface area contributed by atoms with Gasteiger partial charge in [0, 0.05) is 22.3 Å². The summed E-state index contributed by atoms with van der Waals surface area (Å²) in [5.41, 5.74) is 6.34. The van der Waals surface area contributed by atoms with E-state index in [0.29, 0.717) is 17.5 Å². The maximum absolute atomic E-state index is 12.0. The van der Waals surface area contributed by atoms with Crippen molar-refractivity contribution in [1.29, 1.82) is 0 Å². The summed E-state index contributed by atoms with van der Waals surface area (Å²) < 4.78 is 6.46. The number of amides is 1. The second-order valence-electron chi connectivity index (χ2n) is 4.97. The summed E-state index contributed by atoms with van der Waals surface area (Å²) in [5, 5.41) is 3.02. The molecule has 1 aromatic rings. The van der Waals surface area contributed by atoms with Crippen molar-refractivity contribution in [3.8, 4) is 5.75 Å². The third kappa shape index (κ3) is 4.13. The molecule has 0 aromatic heterocycles. The molecule has 1 aromatic carbocycles. The summed E-state index contributed by atoms with van der Waals surface area (Å²) in [7, 11) is 0. The molecule has 4 nitrogen and oxygen atoms in total. The van der Waals surface area contributed by atoms with E-state index in [9.17, 15) is 4.79 Å². The van der Waals surface area contributed by atoms with E-state index in [1.165, 1.54) is 12.8 Å². The molecule has 0 spiro atoms. The zero-order valence-corrected chi connectivity index (χ0v) is 12.6. The van der Waals surface area contributed by atoms with Crippen molar-refractivity contribution in [1.82, 2.24) is 5.32 Å². The van der Waals surface area contributed by atoms with E-state index in [0.717, 1.165) is 17.3 Å². The Balaban J connectivity index is 1.91. The van der Waals surface area contributed by atoms with Gasteiger partial charge in [0.05, 0.1) is 0 Å². The zero-order valence-electron chi connectivity index (χ0n) is 11.0.